The minimum atomic E-state index is -0.445. The lowest BCUT2D eigenvalue weighted by Gasteiger charge is -2.10. The van der Waals surface area contributed by atoms with Gasteiger partial charge in [0.25, 0.3) is 5.91 Å². The molecule has 3 rings (SSSR count). The van der Waals surface area contributed by atoms with Gasteiger partial charge in [0.05, 0.1) is 25.5 Å². The van der Waals surface area contributed by atoms with Crippen LogP contribution in [0.5, 0.6) is 11.5 Å². The summed E-state index contributed by atoms with van der Waals surface area (Å²) in [4.78, 5) is 12.7. The lowest BCUT2D eigenvalue weighted by molar-refractivity contribution is 0.102. The number of halogens is 1. The van der Waals surface area contributed by atoms with Crippen molar-refractivity contribution >= 4 is 22.6 Å². The summed E-state index contributed by atoms with van der Waals surface area (Å²) < 4.78 is 29.2. The van der Waals surface area contributed by atoms with Crippen LogP contribution in [0.2, 0.25) is 0 Å². The Morgan fingerprint density at radius 2 is 1.92 bits per heavy atom. The van der Waals surface area contributed by atoms with E-state index >= 15 is 0 Å². The van der Waals surface area contributed by atoms with Gasteiger partial charge in [0, 0.05) is 11.5 Å². The van der Waals surface area contributed by atoms with Gasteiger partial charge in [-0.05, 0) is 37.3 Å². The quantitative estimate of drug-likeness (QED) is 0.781. The van der Waals surface area contributed by atoms with Crippen molar-refractivity contribution in [1.82, 2.24) is 0 Å². The van der Waals surface area contributed by atoms with Crippen molar-refractivity contribution in [3.05, 3.63) is 53.5 Å². The molecule has 5 nitrogen and oxygen atoms in total. The van der Waals surface area contributed by atoms with E-state index in [1.807, 2.05) is 0 Å². The number of hydrogen-bond acceptors (Lipinski definition) is 4. The van der Waals surface area contributed by atoms with Gasteiger partial charge >= 0.3 is 0 Å². The predicted octanol–water partition coefficient (Wildman–Crippen LogP) is 4.15. The molecule has 0 saturated carbocycles. The highest BCUT2D eigenvalue weighted by Gasteiger charge is 2.20. The van der Waals surface area contributed by atoms with E-state index < -0.39 is 5.82 Å². The fraction of sp³-hybridized carbons (Fsp3) is 0.167. The van der Waals surface area contributed by atoms with Crippen LogP contribution >= 0.6 is 0 Å². The zero-order valence-corrected chi connectivity index (χ0v) is 13.5. The second-order valence-electron chi connectivity index (χ2n) is 5.19. The Balaban J connectivity index is 2.01. The first-order valence-corrected chi connectivity index (χ1v) is 7.25. The molecule has 124 valence electrons. The molecule has 0 saturated heterocycles. The van der Waals surface area contributed by atoms with Gasteiger partial charge < -0.3 is 19.2 Å². The maximum absolute atomic E-state index is 13.3. The zero-order chi connectivity index (χ0) is 17.3. The highest BCUT2D eigenvalue weighted by atomic mass is 19.1. The highest BCUT2D eigenvalue weighted by Crippen LogP contribution is 2.31. The van der Waals surface area contributed by atoms with E-state index in [-0.39, 0.29) is 11.7 Å². The van der Waals surface area contributed by atoms with Crippen LogP contribution in [0.15, 0.2) is 40.8 Å². The van der Waals surface area contributed by atoms with Gasteiger partial charge in [-0.1, -0.05) is 0 Å². The standard InChI is InChI=1S/C18H16FNO4/c1-10-17(13-9-12(22-2)5-7-15(13)24-10)18(21)20-14-6-4-11(19)8-16(14)23-3/h4-9H,1-3H3,(H,20,21). The van der Waals surface area contributed by atoms with Gasteiger partial charge in [0.1, 0.15) is 28.7 Å². The molecule has 1 amide bonds. The normalized spacial score (nSPS) is 10.7. The number of carbonyl (C=O) groups is 1. The highest BCUT2D eigenvalue weighted by molar-refractivity contribution is 6.13. The second kappa shape index (κ2) is 6.23. The van der Waals surface area contributed by atoms with Gasteiger partial charge in [-0.25, -0.2) is 4.39 Å². The molecule has 3 aromatic rings. The first-order valence-electron chi connectivity index (χ1n) is 7.25. The van der Waals surface area contributed by atoms with E-state index in [4.69, 9.17) is 13.9 Å². The third-order valence-corrected chi connectivity index (χ3v) is 3.71. The van der Waals surface area contributed by atoms with Crippen LogP contribution in [0.25, 0.3) is 11.0 Å². The Morgan fingerprint density at radius 1 is 1.12 bits per heavy atom. The molecule has 1 N–H and O–H groups in total. The van der Waals surface area contributed by atoms with Crippen LogP contribution in [0.3, 0.4) is 0 Å². The minimum absolute atomic E-state index is 0.242. The van der Waals surface area contributed by atoms with Crippen LogP contribution in [-0.4, -0.2) is 20.1 Å². The molecular weight excluding hydrogens is 313 g/mol. The van der Waals surface area contributed by atoms with Gasteiger partial charge in [-0.3, -0.25) is 4.79 Å². The van der Waals surface area contributed by atoms with E-state index in [0.717, 1.165) is 0 Å². The summed E-state index contributed by atoms with van der Waals surface area (Å²) in [6.45, 7) is 1.71. The van der Waals surface area contributed by atoms with Crippen molar-refractivity contribution in [3.8, 4) is 11.5 Å². The molecule has 0 unspecified atom stereocenters. The topological polar surface area (TPSA) is 60.7 Å². The van der Waals surface area contributed by atoms with Crippen LogP contribution in [0.1, 0.15) is 16.1 Å². The van der Waals surface area contributed by atoms with Crippen molar-refractivity contribution in [2.75, 3.05) is 19.5 Å². The van der Waals surface area contributed by atoms with Crippen molar-refractivity contribution in [1.29, 1.82) is 0 Å². The van der Waals surface area contributed by atoms with Gasteiger partial charge in [0.15, 0.2) is 0 Å². The van der Waals surface area contributed by atoms with E-state index in [9.17, 15) is 9.18 Å². The molecule has 0 aliphatic heterocycles. The third kappa shape index (κ3) is 2.78. The Morgan fingerprint density at radius 3 is 2.62 bits per heavy atom. The Labute approximate surface area is 138 Å². The van der Waals surface area contributed by atoms with E-state index in [0.29, 0.717) is 33.7 Å². The molecule has 0 atom stereocenters. The second-order valence-corrected chi connectivity index (χ2v) is 5.19. The summed E-state index contributed by atoms with van der Waals surface area (Å²) in [6.07, 6.45) is 0. The number of amides is 1. The van der Waals surface area contributed by atoms with E-state index in [1.54, 1.807) is 32.2 Å². The number of ether oxygens (including phenoxy) is 2. The number of methoxy groups -OCH3 is 2. The molecule has 6 heteroatoms. The zero-order valence-electron chi connectivity index (χ0n) is 13.5. The minimum Gasteiger partial charge on any atom is -0.497 e. The number of anilines is 1. The first-order chi connectivity index (χ1) is 11.5. The van der Waals surface area contributed by atoms with Crippen molar-refractivity contribution in [3.63, 3.8) is 0 Å². The molecule has 0 spiro atoms. The fourth-order valence-electron chi connectivity index (χ4n) is 2.56. The number of nitrogens with one attached hydrogen (secondary N) is 1. The summed E-state index contributed by atoms with van der Waals surface area (Å²) in [5.41, 5.74) is 1.36. The van der Waals surface area contributed by atoms with Crippen molar-refractivity contribution < 1.29 is 23.1 Å². The van der Waals surface area contributed by atoms with Crippen LogP contribution in [0.4, 0.5) is 10.1 Å². The SMILES string of the molecule is COc1ccc2oc(C)c(C(=O)Nc3ccc(F)cc3OC)c2c1. The summed E-state index contributed by atoms with van der Waals surface area (Å²) >= 11 is 0. The molecule has 1 aromatic heterocycles. The van der Waals surface area contributed by atoms with E-state index in [1.165, 1.54) is 25.3 Å². The molecule has 0 radical (unpaired) electrons. The molecule has 0 bridgehead atoms. The fourth-order valence-corrected chi connectivity index (χ4v) is 2.56. The number of rotatable bonds is 4. The van der Waals surface area contributed by atoms with Crippen LogP contribution in [-0.2, 0) is 0 Å². The van der Waals surface area contributed by atoms with Gasteiger partial charge in [-0.2, -0.15) is 0 Å². The number of fused-ring (bicyclic) bond motifs is 1. The maximum Gasteiger partial charge on any atom is 0.259 e. The Hall–Kier alpha value is -3.02. The average molecular weight is 329 g/mol. The van der Waals surface area contributed by atoms with Gasteiger partial charge in [0.2, 0.25) is 0 Å². The molecule has 0 aliphatic carbocycles. The Kier molecular flexibility index (Phi) is 4.12. The summed E-state index contributed by atoms with van der Waals surface area (Å²) in [6, 6.07) is 9.15. The summed E-state index contributed by atoms with van der Waals surface area (Å²) in [5, 5.41) is 3.37. The average Bonchev–Trinajstić information content (AvgIpc) is 2.91. The number of benzene rings is 2. The number of furan rings is 1. The maximum atomic E-state index is 13.3. The smallest absolute Gasteiger partial charge is 0.259 e. The van der Waals surface area contributed by atoms with Crippen molar-refractivity contribution in [2.24, 2.45) is 0 Å². The lowest BCUT2D eigenvalue weighted by atomic mass is 10.1. The third-order valence-electron chi connectivity index (χ3n) is 3.71. The van der Waals surface area contributed by atoms with Gasteiger partial charge in [-0.15, -0.1) is 0 Å². The number of carbonyl (C=O) groups excluding carboxylic acids is 1. The number of aryl methyl sites for hydroxylation is 1. The monoisotopic (exact) mass is 329 g/mol. The van der Waals surface area contributed by atoms with Crippen LogP contribution in [0, 0.1) is 12.7 Å². The Bertz CT molecular complexity index is 917. The molecule has 0 fully saturated rings. The first kappa shape index (κ1) is 15.9. The molecule has 2 aromatic carbocycles. The molecule has 0 aliphatic rings. The lowest BCUT2D eigenvalue weighted by Crippen LogP contribution is -2.13. The molecular formula is C18H16FNO4. The molecule has 24 heavy (non-hydrogen) atoms. The largest absolute Gasteiger partial charge is 0.497 e. The predicted molar refractivity (Wildman–Crippen MR) is 88.4 cm³/mol. The van der Waals surface area contributed by atoms with Crippen LogP contribution < -0.4 is 14.8 Å². The number of hydrogen-bond donors (Lipinski definition) is 1. The van der Waals surface area contributed by atoms with E-state index in [2.05, 4.69) is 5.32 Å². The summed E-state index contributed by atoms with van der Waals surface area (Å²) in [7, 11) is 2.96. The molecule has 1 heterocycles. The summed E-state index contributed by atoms with van der Waals surface area (Å²) in [5.74, 6) is 0.531. The van der Waals surface area contributed by atoms with Crippen molar-refractivity contribution in [2.45, 2.75) is 6.92 Å².